The van der Waals surface area contributed by atoms with E-state index in [4.69, 9.17) is 9.47 Å². The Hall–Kier alpha value is -2.24. The molecule has 8 atom stereocenters. The van der Waals surface area contributed by atoms with Crippen LogP contribution >= 0.6 is 0 Å². The minimum atomic E-state index is -0.657. The Morgan fingerprint density at radius 2 is 1.73 bits per heavy atom. The molecule has 0 bridgehead atoms. The summed E-state index contributed by atoms with van der Waals surface area (Å²) < 4.78 is 11.2. The zero-order chi connectivity index (χ0) is 24.3. The number of carbonyl (C=O) groups is 4. The van der Waals surface area contributed by atoms with Gasteiger partial charge in [-0.2, -0.15) is 0 Å². The second kappa shape index (κ2) is 8.21. The van der Waals surface area contributed by atoms with Crippen LogP contribution in [0.2, 0.25) is 0 Å². The quantitative estimate of drug-likeness (QED) is 0.584. The number of ether oxygens (including phenoxy) is 2. The van der Waals surface area contributed by atoms with E-state index in [2.05, 4.69) is 20.8 Å². The highest BCUT2D eigenvalue weighted by Gasteiger charge is 2.64. The largest absolute Gasteiger partial charge is 0.459 e. The molecule has 0 amide bonds. The maximum atomic E-state index is 13.4. The number of hydrogen-bond donors (Lipinski definition) is 0. The van der Waals surface area contributed by atoms with Gasteiger partial charge in [0.05, 0.1) is 0 Å². The number of hydrogen-bond acceptors (Lipinski definition) is 6. The van der Waals surface area contributed by atoms with E-state index in [9.17, 15) is 19.2 Å². The lowest BCUT2D eigenvalue weighted by Gasteiger charge is -2.58. The molecule has 6 heteroatoms. The van der Waals surface area contributed by atoms with E-state index >= 15 is 0 Å². The van der Waals surface area contributed by atoms with Crippen LogP contribution in [0.25, 0.3) is 0 Å². The Kier molecular flexibility index (Phi) is 5.95. The van der Waals surface area contributed by atoms with Gasteiger partial charge >= 0.3 is 11.9 Å². The molecule has 0 aromatic heterocycles. The summed E-state index contributed by atoms with van der Waals surface area (Å²) >= 11 is 0. The van der Waals surface area contributed by atoms with Crippen molar-refractivity contribution < 1.29 is 28.7 Å². The Morgan fingerprint density at radius 3 is 2.36 bits per heavy atom. The van der Waals surface area contributed by atoms with Crippen molar-refractivity contribution in [1.29, 1.82) is 0 Å². The lowest BCUT2D eigenvalue weighted by atomic mass is 9.46. The standard InChI is InChI=1S/C27H36O6/c1-14-11-19(30)12-18-7-8-20-22(27(14,18)6)9-10-26(5)23(31)13-21(24(20)26)25(33-17(4)29)15(2)32-16(3)28/h11-12,15,20-22,24-25H,7-10,13H2,1-6H3/t15-,20+,21+,22-,24+,25-,26+,27-/m0/s1. The van der Waals surface area contributed by atoms with Crippen molar-refractivity contribution in [3.05, 3.63) is 23.3 Å². The second-order valence-electron chi connectivity index (χ2n) is 11.1. The minimum absolute atomic E-state index is 0.0370. The molecule has 6 nitrogen and oxygen atoms in total. The van der Waals surface area contributed by atoms with Crippen molar-refractivity contribution in [2.45, 2.75) is 85.9 Å². The van der Waals surface area contributed by atoms with E-state index in [1.54, 1.807) is 13.0 Å². The molecular weight excluding hydrogens is 420 g/mol. The maximum Gasteiger partial charge on any atom is 0.303 e. The van der Waals surface area contributed by atoms with E-state index in [-0.39, 0.29) is 34.7 Å². The fourth-order valence-electron chi connectivity index (χ4n) is 7.88. The van der Waals surface area contributed by atoms with Gasteiger partial charge in [0.2, 0.25) is 0 Å². The molecule has 4 rings (SSSR count). The number of ketones is 2. The van der Waals surface area contributed by atoms with Gasteiger partial charge in [0.1, 0.15) is 18.0 Å². The first kappa shape index (κ1) is 23.9. The maximum absolute atomic E-state index is 13.4. The zero-order valence-electron chi connectivity index (χ0n) is 20.6. The molecule has 0 N–H and O–H groups in total. The highest BCUT2D eigenvalue weighted by molar-refractivity contribution is 6.02. The van der Waals surface area contributed by atoms with Crippen molar-refractivity contribution in [2.24, 2.45) is 34.5 Å². The van der Waals surface area contributed by atoms with Crippen molar-refractivity contribution in [2.75, 3.05) is 0 Å². The minimum Gasteiger partial charge on any atom is -0.459 e. The van der Waals surface area contributed by atoms with E-state index in [1.165, 1.54) is 19.4 Å². The Bertz CT molecular complexity index is 960. The third-order valence-electron chi connectivity index (χ3n) is 9.40. The van der Waals surface area contributed by atoms with Gasteiger partial charge in [0.15, 0.2) is 5.78 Å². The molecule has 0 aliphatic heterocycles. The van der Waals surface area contributed by atoms with E-state index < -0.39 is 29.6 Å². The lowest BCUT2D eigenvalue weighted by molar-refractivity contribution is -0.173. The first-order valence-corrected chi connectivity index (χ1v) is 12.2. The normalized spacial score (nSPS) is 39.3. The number of fused-ring (bicyclic) bond motifs is 5. The summed E-state index contributed by atoms with van der Waals surface area (Å²) in [6.07, 6.45) is 6.09. The number of allylic oxidation sites excluding steroid dienone is 4. The predicted molar refractivity (Wildman–Crippen MR) is 122 cm³/mol. The van der Waals surface area contributed by atoms with Crippen LogP contribution in [0.15, 0.2) is 23.3 Å². The summed E-state index contributed by atoms with van der Waals surface area (Å²) in [4.78, 5) is 49.3. The SMILES string of the molecule is CC(=O)O[C@H]([C@@H]1CC(=O)[C@@]2(C)CC[C@H]3[C@@H](CCC4=CC(=O)C=C(C)[C@@]43C)[C@H]12)[C@H](C)OC(C)=O. The van der Waals surface area contributed by atoms with Gasteiger partial charge < -0.3 is 9.47 Å². The van der Waals surface area contributed by atoms with Gasteiger partial charge in [-0.05, 0) is 69.4 Å². The first-order valence-electron chi connectivity index (χ1n) is 12.2. The third-order valence-corrected chi connectivity index (χ3v) is 9.40. The highest BCUT2D eigenvalue weighted by Crippen LogP contribution is 2.66. The van der Waals surface area contributed by atoms with Crippen molar-refractivity contribution in [3.8, 4) is 0 Å². The molecule has 180 valence electrons. The summed E-state index contributed by atoms with van der Waals surface area (Å²) in [5, 5.41) is 0. The molecule has 0 aromatic carbocycles. The molecular formula is C27H36O6. The van der Waals surface area contributed by atoms with E-state index in [0.29, 0.717) is 12.3 Å². The third kappa shape index (κ3) is 3.70. The molecule has 3 saturated carbocycles. The summed E-state index contributed by atoms with van der Waals surface area (Å²) in [6, 6.07) is 0. The first-order chi connectivity index (χ1) is 15.4. The number of rotatable bonds is 4. The number of carbonyl (C=O) groups excluding carboxylic acids is 4. The molecule has 4 aliphatic rings. The van der Waals surface area contributed by atoms with Crippen molar-refractivity contribution in [3.63, 3.8) is 0 Å². The smallest absolute Gasteiger partial charge is 0.303 e. The van der Waals surface area contributed by atoms with Gasteiger partial charge in [-0.25, -0.2) is 0 Å². The molecule has 0 aromatic rings. The molecule has 0 radical (unpaired) electrons. The van der Waals surface area contributed by atoms with E-state index in [1.807, 2.05) is 6.08 Å². The van der Waals surface area contributed by atoms with Crippen molar-refractivity contribution >= 4 is 23.5 Å². The van der Waals surface area contributed by atoms with Crippen LogP contribution in [0.1, 0.15) is 73.6 Å². The summed E-state index contributed by atoms with van der Waals surface area (Å²) in [5.41, 5.74) is 1.66. The number of Topliss-reactive ketones (excluding diaryl/α,β-unsaturated/α-hetero) is 1. The average molecular weight is 457 g/mol. The number of esters is 2. The fourth-order valence-corrected chi connectivity index (χ4v) is 7.88. The van der Waals surface area contributed by atoms with Crippen LogP contribution in [-0.2, 0) is 28.7 Å². The topological polar surface area (TPSA) is 86.7 Å². The van der Waals surface area contributed by atoms with Crippen LogP contribution < -0.4 is 0 Å². The van der Waals surface area contributed by atoms with Gasteiger partial charge in [0, 0.05) is 37.0 Å². The second-order valence-corrected chi connectivity index (χ2v) is 11.1. The van der Waals surface area contributed by atoms with Crippen molar-refractivity contribution in [1.82, 2.24) is 0 Å². The van der Waals surface area contributed by atoms with Crippen LogP contribution in [-0.4, -0.2) is 35.7 Å². The molecule has 33 heavy (non-hydrogen) atoms. The average Bonchev–Trinajstić information content (AvgIpc) is 2.97. The van der Waals surface area contributed by atoms with Gasteiger partial charge in [-0.3, -0.25) is 19.2 Å². The Balaban J connectivity index is 1.75. The lowest BCUT2D eigenvalue weighted by Crippen LogP contribution is -2.54. The predicted octanol–water partition coefficient (Wildman–Crippen LogP) is 4.36. The zero-order valence-corrected chi connectivity index (χ0v) is 20.6. The molecule has 0 unspecified atom stereocenters. The Labute approximate surface area is 196 Å². The Morgan fingerprint density at radius 1 is 1.06 bits per heavy atom. The molecule has 0 spiro atoms. The van der Waals surface area contributed by atoms with Gasteiger partial charge in [-0.1, -0.05) is 25.0 Å². The highest BCUT2D eigenvalue weighted by atomic mass is 16.6. The van der Waals surface area contributed by atoms with Crippen LogP contribution in [0, 0.1) is 34.5 Å². The van der Waals surface area contributed by atoms with Crippen LogP contribution in [0.4, 0.5) is 0 Å². The molecule has 0 saturated heterocycles. The summed E-state index contributed by atoms with van der Waals surface area (Å²) in [7, 11) is 0. The fraction of sp³-hybridized carbons (Fsp3) is 0.704. The molecule has 0 heterocycles. The summed E-state index contributed by atoms with van der Waals surface area (Å²) in [5.74, 6) is -0.151. The van der Waals surface area contributed by atoms with Crippen LogP contribution in [0.3, 0.4) is 0 Å². The van der Waals surface area contributed by atoms with E-state index in [0.717, 1.165) is 31.3 Å². The van der Waals surface area contributed by atoms with Gasteiger partial charge in [0.25, 0.3) is 0 Å². The van der Waals surface area contributed by atoms with Gasteiger partial charge in [-0.15, -0.1) is 0 Å². The summed E-state index contributed by atoms with van der Waals surface area (Å²) in [6.45, 7) is 10.9. The monoisotopic (exact) mass is 456 g/mol. The van der Waals surface area contributed by atoms with Crippen LogP contribution in [0.5, 0.6) is 0 Å². The molecule has 3 fully saturated rings. The molecule has 4 aliphatic carbocycles.